The van der Waals surface area contributed by atoms with Crippen molar-refractivity contribution in [2.75, 3.05) is 0 Å². The third-order valence-electron chi connectivity index (χ3n) is 6.03. The maximum atomic E-state index is 12.2. The molecule has 0 saturated heterocycles. The van der Waals surface area contributed by atoms with E-state index < -0.39 is 0 Å². The molecule has 4 aliphatic heterocycles. The van der Waals surface area contributed by atoms with E-state index in [0.29, 0.717) is 28.8 Å². The average Bonchev–Trinajstić information content (AvgIpc) is 3.58. The fourth-order valence-electron chi connectivity index (χ4n) is 4.51. The fraction of sp³-hybridized carbons (Fsp3) is 0.276. The third-order valence-corrected chi connectivity index (χ3v) is 6.03. The summed E-state index contributed by atoms with van der Waals surface area (Å²) < 4.78 is 0. The van der Waals surface area contributed by atoms with Crippen LogP contribution in [-0.4, -0.2) is 17.1 Å². The molecule has 0 atom stereocenters. The molecule has 0 amide bonds. The van der Waals surface area contributed by atoms with Crippen molar-refractivity contribution in [1.82, 2.24) is 4.98 Å². The van der Waals surface area contributed by atoms with Gasteiger partial charge in [0.1, 0.15) is 0 Å². The van der Waals surface area contributed by atoms with Crippen LogP contribution in [0.2, 0.25) is 0 Å². The molecule has 1 radical (unpaired) electrons. The Morgan fingerprint density at radius 1 is 0.771 bits per heavy atom. The fourth-order valence-corrected chi connectivity index (χ4v) is 4.51. The summed E-state index contributed by atoms with van der Waals surface area (Å²) in [6.07, 6.45) is 16.6. The third kappa shape index (κ3) is 5.09. The minimum absolute atomic E-state index is 0. The van der Waals surface area contributed by atoms with E-state index in [1.54, 1.807) is 0 Å². The van der Waals surface area contributed by atoms with Crippen LogP contribution in [0.1, 0.15) is 51.9 Å². The smallest absolute Gasteiger partial charge is 0.877 e. The maximum Gasteiger partial charge on any atom is 2.00 e. The summed E-state index contributed by atoms with van der Waals surface area (Å²) in [7, 11) is 0. The molecule has 8 bridgehead atoms. The molecule has 0 unspecified atom stereocenters. The number of nitrogens with zero attached hydrogens (tertiary/aromatic N) is 4. The molecule has 0 N–H and O–H groups in total. The average molecular weight is 512 g/mol. The van der Waals surface area contributed by atoms with E-state index in [4.69, 9.17) is 20.0 Å². The summed E-state index contributed by atoms with van der Waals surface area (Å²) in [5.41, 5.74) is 9.22. The molecule has 0 spiro atoms. The zero-order valence-electron chi connectivity index (χ0n) is 20.3. The topological polar surface area (TPSA) is 74.2 Å². The van der Waals surface area contributed by atoms with Gasteiger partial charge in [-0.1, -0.05) is 39.8 Å². The van der Waals surface area contributed by atoms with E-state index in [2.05, 4.69) is 27.7 Å². The molecule has 0 saturated carbocycles. The van der Waals surface area contributed by atoms with Crippen LogP contribution in [0, 0.1) is 11.8 Å². The second-order valence-electron chi connectivity index (χ2n) is 9.77. The van der Waals surface area contributed by atoms with Crippen molar-refractivity contribution in [2.45, 2.75) is 40.5 Å². The number of allylic oxidation sites excluding steroid dienone is 10. The Hall–Kier alpha value is -3.21. The Labute approximate surface area is 217 Å². The van der Waals surface area contributed by atoms with Crippen molar-refractivity contribution in [3.05, 3.63) is 95.0 Å². The van der Waals surface area contributed by atoms with Crippen LogP contribution in [0.4, 0.5) is 0 Å². The predicted octanol–water partition coefficient (Wildman–Crippen LogP) is 5.33. The van der Waals surface area contributed by atoms with E-state index in [-0.39, 0.29) is 17.1 Å². The van der Waals surface area contributed by atoms with Crippen molar-refractivity contribution in [2.24, 2.45) is 26.8 Å². The van der Waals surface area contributed by atoms with Gasteiger partial charge in [-0.3, -0.25) is 0 Å². The van der Waals surface area contributed by atoms with E-state index in [1.165, 1.54) is 0 Å². The minimum Gasteiger partial charge on any atom is -0.877 e. The summed E-state index contributed by atoms with van der Waals surface area (Å²) in [4.78, 5) is 19.5. The Kier molecular flexibility index (Phi) is 7.25. The zero-order valence-corrected chi connectivity index (χ0v) is 21.3. The molecule has 181 valence electrons. The first-order valence-corrected chi connectivity index (χ1v) is 11.9. The van der Waals surface area contributed by atoms with Gasteiger partial charge >= 0.3 is 17.1 Å². The van der Waals surface area contributed by atoms with Gasteiger partial charge in [-0.25, -0.2) is 15.0 Å². The first-order valence-electron chi connectivity index (χ1n) is 11.9. The van der Waals surface area contributed by atoms with E-state index >= 15 is 0 Å². The molecule has 1 aromatic heterocycles. The quantitative estimate of drug-likeness (QED) is 0.404. The van der Waals surface area contributed by atoms with Crippen LogP contribution in [0.15, 0.2) is 98.6 Å². The number of hydrogen-bond acceptors (Lipinski definition) is 4. The molecule has 5 rings (SSSR count). The summed E-state index contributed by atoms with van der Waals surface area (Å²) in [6.45, 7) is 8.74. The molecular formula is C29H28CuN4O. The number of hydrogen-bond donors (Lipinski definition) is 0. The molecular weight excluding hydrogens is 484 g/mol. The second kappa shape index (κ2) is 10.2. The Balaban J connectivity index is 0.00000289. The van der Waals surface area contributed by atoms with Crippen LogP contribution in [-0.2, 0) is 17.1 Å². The van der Waals surface area contributed by atoms with Gasteiger partial charge < -0.3 is 10.1 Å². The standard InChI is InChI=1S/C29H29N4O.Cu/c1-17(2)13-21-24-7-5-19(30-24)15-20-6-8-25(31-20)22(14-18(3)4)27-10-12-29(33-27)23(16-34)28-11-9-26(21)32-28;/h5-12,15-18H,13-14H2,1-4H3,(H-,30,31,32,33,34);/q-1;+2/p-1. The molecule has 4 aliphatic rings. The van der Waals surface area contributed by atoms with Crippen LogP contribution >= 0.6 is 0 Å². The van der Waals surface area contributed by atoms with Crippen molar-refractivity contribution in [3.8, 4) is 0 Å². The first kappa shape index (κ1) is 24.9. The van der Waals surface area contributed by atoms with Crippen molar-refractivity contribution in [3.63, 3.8) is 0 Å². The van der Waals surface area contributed by atoms with Crippen molar-refractivity contribution >= 4 is 28.3 Å². The molecule has 35 heavy (non-hydrogen) atoms. The van der Waals surface area contributed by atoms with Crippen molar-refractivity contribution in [1.29, 1.82) is 0 Å². The van der Waals surface area contributed by atoms with Gasteiger partial charge in [0.15, 0.2) is 0 Å². The monoisotopic (exact) mass is 511 g/mol. The van der Waals surface area contributed by atoms with Crippen LogP contribution in [0.5, 0.6) is 0 Å². The number of aliphatic imine (C=N–C) groups is 3. The molecule has 1 aromatic rings. The molecule has 6 heteroatoms. The van der Waals surface area contributed by atoms with E-state index in [0.717, 1.165) is 64.5 Å². The normalized spacial score (nSPS) is 19.7. The summed E-state index contributed by atoms with van der Waals surface area (Å²) >= 11 is 0. The molecule has 5 nitrogen and oxygen atoms in total. The predicted molar refractivity (Wildman–Crippen MR) is 138 cm³/mol. The largest absolute Gasteiger partial charge is 2.00 e. The second-order valence-corrected chi connectivity index (χ2v) is 9.77. The number of aromatic nitrogens is 1. The van der Waals surface area contributed by atoms with E-state index in [1.807, 2.05) is 54.7 Å². The molecule has 0 aromatic carbocycles. The van der Waals surface area contributed by atoms with Gasteiger partial charge in [-0.2, -0.15) is 0 Å². The van der Waals surface area contributed by atoms with Crippen LogP contribution in [0.25, 0.3) is 11.1 Å². The van der Waals surface area contributed by atoms with Crippen molar-refractivity contribution < 1.29 is 22.2 Å². The Bertz CT molecular complexity index is 1350. The molecule has 0 aliphatic carbocycles. The SMILES string of the molecule is CC(C)CC1=C2C=CC(=N2)/C(=C\[O-])c2ccc([n-]2)C(CC(C)C)=C2C=CC(=N2)C=C2C=CC1=N2.[Cu+2]. The van der Waals surface area contributed by atoms with Gasteiger partial charge in [0.05, 0.1) is 34.2 Å². The Morgan fingerprint density at radius 2 is 1.43 bits per heavy atom. The first-order chi connectivity index (χ1) is 16.4. The van der Waals surface area contributed by atoms with E-state index in [9.17, 15) is 5.11 Å². The van der Waals surface area contributed by atoms with Crippen LogP contribution < -0.4 is 10.1 Å². The molecule has 0 fully saturated rings. The van der Waals surface area contributed by atoms with Gasteiger partial charge in [-0.05, 0) is 78.4 Å². The van der Waals surface area contributed by atoms with Gasteiger partial charge in [0.25, 0.3) is 0 Å². The minimum atomic E-state index is 0. The number of fused-ring (bicyclic) bond motifs is 5. The number of rotatable bonds is 4. The summed E-state index contributed by atoms with van der Waals surface area (Å²) in [5.74, 6) is 0.876. The van der Waals surface area contributed by atoms with Crippen LogP contribution in [0.3, 0.4) is 0 Å². The van der Waals surface area contributed by atoms with Gasteiger partial charge in [-0.15, -0.1) is 17.6 Å². The molecule has 5 heterocycles. The summed E-state index contributed by atoms with van der Waals surface area (Å²) in [6, 6.07) is 3.89. The van der Waals surface area contributed by atoms with Gasteiger partial charge in [0.2, 0.25) is 0 Å². The zero-order chi connectivity index (χ0) is 23.8. The maximum absolute atomic E-state index is 12.2. The summed E-state index contributed by atoms with van der Waals surface area (Å²) in [5, 5.41) is 12.2. The van der Waals surface area contributed by atoms with Gasteiger partial charge in [0, 0.05) is 5.57 Å². The Morgan fingerprint density at radius 3 is 2.17 bits per heavy atom.